The van der Waals surface area contributed by atoms with Crippen LogP contribution >= 0.6 is 11.8 Å². The first-order valence-electron chi connectivity index (χ1n) is 9.28. The molecule has 1 aromatic heterocycles. The fourth-order valence-corrected chi connectivity index (χ4v) is 3.59. The van der Waals surface area contributed by atoms with Crippen LogP contribution in [0.3, 0.4) is 0 Å². The van der Waals surface area contributed by atoms with Gasteiger partial charge in [-0.05, 0) is 37.1 Å². The Morgan fingerprint density at radius 3 is 2.55 bits per heavy atom. The molecule has 0 radical (unpaired) electrons. The predicted octanol–water partition coefficient (Wildman–Crippen LogP) is 4.39. The molecule has 1 amide bonds. The molecule has 29 heavy (non-hydrogen) atoms. The fraction of sp³-hybridized carbons (Fsp3) is 0.227. The van der Waals surface area contributed by atoms with E-state index in [2.05, 4.69) is 22.1 Å². The first-order chi connectivity index (χ1) is 14.1. The Morgan fingerprint density at radius 2 is 1.86 bits per heavy atom. The van der Waals surface area contributed by atoms with Crippen LogP contribution < -0.4 is 10.1 Å². The van der Waals surface area contributed by atoms with Crippen LogP contribution in [0.1, 0.15) is 17.0 Å². The maximum Gasteiger partial charge on any atom is 0.234 e. The molecule has 1 heterocycles. The van der Waals surface area contributed by atoms with Crippen LogP contribution in [0.15, 0.2) is 66.3 Å². The molecule has 3 rings (SSSR count). The highest BCUT2D eigenvalue weighted by atomic mass is 32.2. The predicted molar refractivity (Wildman–Crippen MR) is 116 cm³/mol. The van der Waals surface area contributed by atoms with Gasteiger partial charge in [0.15, 0.2) is 11.0 Å². The summed E-state index contributed by atoms with van der Waals surface area (Å²) in [7, 11) is 0. The zero-order chi connectivity index (χ0) is 20.6. The number of rotatable bonds is 9. The lowest BCUT2D eigenvalue weighted by Crippen LogP contribution is -2.16. The van der Waals surface area contributed by atoms with E-state index in [4.69, 9.17) is 4.74 Å². The Labute approximate surface area is 175 Å². The monoisotopic (exact) mass is 408 g/mol. The average Bonchev–Trinajstić information content (AvgIpc) is 3.10. The van der Waals surface area contributed by atoms with Crippen LogP contribution in [0.4, 0.5) is 5.69 Å². The summed E-state index contributed by atoms with van der Waals surface area (Å²) in [4.78, 5) is 12.4. The van der Waals surface area contributed by atoms with Crippen molar-refractivity contribution in [1.29, 1.82) is 0 Å². The second kappa shape index (κ2) is 9.93. The number of carbonyl (C=O) groups is 1. The number of thioether (sulfide) groups is 1. The van der Waals surface area contributed by atoms with Crippen molar-refractivity contribution >= 4 is 23.4 Å². The zero-order valence-corrected chi connectivity index (χ0v) is 17.4. The number of para-hydroxylation sites is 2. The average molecular weight is 409 g/mol. The number of benzene rings is 2. The van der Waals surface area contributed by atoms with Crippen LogP contribution in [0, 0.1) is 13.8 Å². The smallest absolute Gasteiger partial charge is 0.234 e. The Bertz CT molecular complexity index is 965. The number of aromatic nitrogens is 3. The number of hydrogen-bond donors (Lipinski definition) is 1. The second-order valence-corrected chi connectivity index (χ2v) is 7.45. The van der Waals surface area contributed by atoms with Gasteiger partial charge in [0, 0.05) is 12.2 Å². The molecule has 1 N–H and O–H groups in total. The molecule has 7 heteroatoms. The molecule has 0 aliphatic heterocycles. The summed E-state index contributed by atoms with van der Waals surface area (Å²) in [6.45, 7) is 8.60. The summed E-state index contributed by atoms with van der Waals surface area (Å²) in [6, 6.07) is 15.5. The van der Waals surface area contributed by atoms with Gasteiger partial charge in [-0.25, -0.2) is 0 Å². The van der Waals surface area contributed by atoms with Gasteiger partial charge in [0.1, 0.15) is 12.4 Å². The first-order valence-corrected chi connectivity index (χ1v) is 10.3. The summed E-state index contributed by atoms with van der Waals surface area (Å²) in [5.74, 6) is 1.61. The van der Waals surface area contributed by atoms with Crippen molar-refractivity contribution < 1.29 is 9.53 Å². The van der Waals surface area contributed by atoms with Crippen LogP contribution in [-0.2, 0) is 17.9 Å². The largest absolute Gasteiger partial charge is 0.486 e. The number of allylic oxidation sites excluding steroid dienone is 1. The van der Waals surface area contributed by atoms with Gasteiger partial charge in [-0.3, -0.25) is 9.36 Å². The normalized spacial score (nSPS) is 10.6. The molecule has 0 spiro atoms. The molecule has 0 fully saturated rings. The Kier molecular flexibility index (Phi) is 7.08. The Hall–Kier alpha value is -3.06. The van der Waals surface area contributed by atoms with Crippen molar-refractivity contribution in [3.8, 4) is 5.75 Å². The molecule has 3 aromatic rings. The minimum Gasteiger partial charge on any atom is -0.486 e. The van der Waals surface area contributed by atoms with E-state index in [1.807, 2.05) is 66.9 Å². The van der Waals surface area contributed by atoms with Crippen molar-refractivity contribution in [2.24, 2.45) is 0 Å². The van der Waals surface area contributed by atoms with Gasteiger partial charge in [-0.2, -0.15) is 0 Å². The highest BCUT2D eigenvalue weighted by Crippen LogP contribution is 2.22. The van der Waals surface area contributed by atoms with E-state index >= 15 is 0 Å². The molecular formula is C22H24N4O2S. The molecule has 6 nitrogen and oxygen atoms in total. The summed E-state index contributed by atoms with van der Waals surface area (Å²) >= 11 is 1.34. The van der Waals surface area contributed by atoms with Gasteiger partial charge < -0.3 is 10.1 Å². The standard InChI is InChI=1S/C22H24N4O2S/c1-4-13-26-19(14-28-18-11-6-5-7-12-18)24-25-22(26)29-15-20(27)23-21-16(2)9-8-10-17(21)3/h4-12H,1,13-15H2,2-3H3,(H,23,27). The number of amides is 1. The van der Waals surface area contributed by atoms with E-state index in [1.54, 1.807) is 6.08 Å². The van der Waals surface area contributed by atoms with Crippen LogP contribution in [-0.4, -0.2) is 26.4 Å². The molecule has 0 saturated heterocycles. The number of carbonyl (C=O) groups excluding carboxylic acids is 1. The number of anilines is 1. The number of hydrogen-bond acceptors (Lipinski definition) is 5. The SMILES string of the molecule is C=CCn1c(COc2ccccc2)nnc1SCC(=O)Nc1c(C)cccc1C. The summed E-state index contributed by atoms with van der Waals surface area (Å²) < 4.78 is 7.69. The quantitative estimate of drug-likeness (QED) is 0.420. The third-order valence-corrected chi connectivity index (χ3v) is 5.26. The summed E-state index contributed by atoms with van der Waals surface area (Å²) in [6.07, 6.45) is 1.77. The third kappa shape index (κ3) is 5.48. The van der Waals surface area contributed by atoms with Crippen molar-refractivity contribution in [3.05, 3.63) is 78.1 Å². The van der Waals surface area contributed by atoms with Crippen molar-refractivity contribution in [2.45, 2.75) is 32.2 Å². The summed E-state index contributed by atoms with van der Waals surface area (Å²) in [5.41, 5.74) is 2.94. The van der Waals surface area contributed by atoms with Crippen molar-refractivity contribution in [1.82, 2.24) is 14.8 Å². The summed E-state index contributed by atoms with van der Waals surface area (Å²) in [5, 5.41) is 12.1. The Morgan fingerprint density at radius 1 is 1.14 bits per heavy atom. The second-order valence-electron chi connectivity index (χ2n) is 6.50. The molecule has 150 valence electrons. The molecule has 0 aliphatic rings. The van der Waals surface area contributed by atoms with Crippen LogP contribution in [0.2, 0.25) is 0 Å². The van der Waals surface area contributed by atoms with Crippen molar-refractivity contribution in [2.75, 3.05) is 11.1 Å². The maximum atomic E-state index is 12.4. The first kappa shape index (κ1) is 20.7. The lowest BCUT2D eigenvalue weighted by Gasteiger charge is -2.11. The van der Waals surface area contributed by atoms with E-state index in [1.165, 1.54) is 11.8 Å². The molecule has 0 atom stereocenters. The Balaban J connectivity index is 1.63. The van der Waals surface area contributed by atoms with E-state index in [0.717, 1.165) is 22.6 Å². The van der Waals surface area contributed by atoms with Gasteiger partial charge in [0.2, 0.25) is 5.91 Å². The number of aryl methyl sites for hydroxylation is 2. The highest BCUT2D eigenvalue weighted by molar-refractivity contribution is 7.99. The molecule has 0 bridgehead atoms. The van der Waals surface area contributed by atoms with Gasteiger partial charge in [-0.15, -0.1) is 16.8 Å². The number of nitrogens with zero attached hydrogens (tertiary/aromatic N) is 3. The van der Waals surface area contributed by atoms with Gasteiger partial charge in [0.25, 0.3) is 0 Å². The molecule has 2 aromatic carbocycles. The van der Waals surface area contributed by atoms with E-state index in [0.29, 0.717) is 24.1 Å². The van der Waals surface area contributed by atoms with E-state index in [9.17, 15) is 4.79 Å². The lowest BCUT2D eigenvalue weighted by molar-refractivity contribution is -0.113. The lowest BCUT2D eigenvalue weighted by atomic mass is 10.1. The number of nitrogens with one attached hydrogen (secondary N) is 1. The minimum atomic E-state index is -0.0809. The topological polar surface area (TPSA) is 69.0 Å². The third-order valence-electron chi connectivity index (χ3n) is 4.29. The van der Waals surface area contributed by atoms with Gasteiger partial charge >= 0.3 is 0 Å². The minimum absolute atomic E-state index is 0.0809. The maximum absolute atomic E-state index is 12.4. The van der Waals surface area contributed by atoms with Crippen molar-refractivity contribution in [3.63, 3.8) is 0 Å². The number of ether oxygens (including phenoxy) is 1. The van der Waals surface area contributed by atoms with E-state index in [-0.39, 0.29) is 11.7 Å². The molecule has 0 saturated carbocycles. The van der Waals surface area contributed by atoms with Gasteiger partial charge in [0.05, 0.1) is 5.75 Å². The van der Waals surface area contributed by atoms with E-state index < -0.39 is 0 Å². The molecular weight excluding hydrogens is 384 g/mol. The van der Waals surface area contributed by atoms with Crippen LogP contribution in [0.5, 0.6) is 5.75 Å². The zero-order valence-electron chi connectivity index (χ0n) is 16.6. The highest BCUT2D eigenvalue weighted by Gasteiger charge is 2.15. The fourth-order valence-electron chi connectivity index (χ4n) is 2.83. The molecule has 0 aliphatic carbocycles. The van der Waals surface area contributed by atoms with Crippen LogP contribution in [0.25, 0.3) is 0 Å². The van der Waals surface area contributed by atoms with Gasteiger partial charge in [-0.1, -0.05) is 54.2 Å². The molecule has 0 unspecified atom stereocenters.